The van der Waals surface area contributed by atoms with E-state index in [0.717, 1.165) is 32.5 Å². The van der Waals surface area contributed by atoms with Crippen molar-refractivity contribution < 1.29 is 5.11 Å². The van der Waals surface area contributed by atoms with Crippen molar-refractivity contribution in [2.45, 2.75) is 45.4 Å². The highest BCUT2D eigenvalue weighted by molar-refractivity contribution is 5.29. The predicted molar refractivity (Wildman–Crippen MR) is 79.2 cm³/mol. The molecule has 0 amide bonds. The molecule has 1 heterocycles. The van der Waals surface area contributed by atoms with Crippen LogP contribution >= 0.6 is 0 Å². The topological polar surface area (TPSA) is 35.5 Å². The number of aliphatic hydroxyl groups is 1. The number of nitrogens with one attached hydrogen (secondary N) is 1. The average Bonchev–Trinajstić information content (AvgIpc) is 2.44. The molecule has 1 aromatic carbocycles. The quantitative estimate of drug-likeness (QED) is 0.820. The second-order valence-electron chi connectivity index (χ2n) is 5.63. The first-order valence-electron chi connectivity index (χ1n) is 7.39. The first kappa shape index (κ1) is 14.5. The molecule has 3 nitrogen and oxygen atoms in total. The molecule has 106 valence electrons. The molecular formula is C16H26N2O. The number of rotatable bonds is 6. The molecule has 0 aromatic heterocycles. The fourth-order valence-corrected chi connectivity index (χ4v) is 2.55. The van der Waals surface area contributed by atoms with Gasteiger partial charge >= 0.3 is 0 Å². The molecule has 0 saturated carbocycles. The van der Waals surface area contributed by atoms with Crippen LogP contribution in [0.15, 0.2) is 24.3 Å². The minimum atomic E-state index is -0.278. The van der Waals surface area contributed by atoms with Crippen LogP contribution in [0.4, 0.5) is 0 Å². The molecule has 0 saturated heterocycles. The Labute approximate surface area is 116 Å². The van der Waals surface area contributed by atoms with Gasteiger partial charge in [0.05, 0.1) is 6.10 Å². The molecule has 2 atom stereocenters. The van der Waals surface area contributed by atoms with E-state index in [4.69, 9.17) is 0 Å². The van der Waals surface area contributed by atoms with Gasteiger partial charge in [-0.05, 0) is 30.9 Å². The Kier molecular flexibility index (Phi) is 5.37. The van der Waals surface area contributed by atoms with E-state index in [2.05, 4.69) is 48.3 Å². The largest absolute Gasteiger partial charge is 0.390 e. The summed E-state index contributed by atoms with van der Waals surface area (Å²) in [6.07, 6.45) is 1.92. The molecule has 0 bridgehead atoms. The summed E-state index contributed by atoms with van der Waals surface area (Å²) in [6, 6.07) is 9.11. The third-order valence-electron chi connectivity index (χ3n) is 3.99. The van der Waals surface area contributed by atoms with Crippen molar-refractivity contribution in [2.24, 2.45) is 0 Å². The SMILES string of the molecule is CCC(C)NCC(O)CN1CCc2ccccc2C1. The molecule has 1 aliphatic rings. The van der Waals surface area contributed by atoms with Crippen LogP contribution in [0.1, 0.15) is 31.4 Å². The highest BCUT2D eigenvalue weighted by Crippen LogP contribution is 2.18. The smallest absolute Gasteiger partial charge is 0.0791 e. The molecule has 2 N–H and O–H groups in total. The number of hydrogen-bond donors (Lipinski definition) is 2. The molecule has 3 heteroatoms. The van der Waals surface area contributed by atoms with Gasteiger partial charge < -0.3 is 10.4 Å². The molecule has 2 rings (SSSR count). The summed E-state index contributed by atoms with van der Waals surface area (Å²) in [4.78, 5) is 2.35. The van der Waals surface area contributed by atoms with Crippen molar-refractivity contribution in [3.63, 3.8) is 0 Å². The van der Waals surface area contributed by atoms with Crippen LogP contribution in [-0.2, 0) is 13.0 Å². The maximum absolute atomic E-state index is 10.1. The molecule has 0 spiro atoms. The van der Waals surface area contributed by atoms with Crippen LogP contribution < -0.4 is 5.32 Å². The molecular weight excluding hydrogens is 236 g/mol. The van der Waals surface area contributed by atoms with Crippen molar-refractivity contribution in [3.05, 3.63) is 35.4 Å². The summed E-state index contributed by atoms with van der Waals surface area (Å²) in [7, 11) is 0. The summed E-state index contributed by atoms with van der Waals surface area (Å²) in [6.45, 7) is 7.79. The summed E-state index contributed by atoms with van der Waals surface area (Å²) in [5.74, 6) is 0. The van der Waals surface area contributed by atoms with E-state index in [9.17, 15) is 5.11 Å². The van der Waals surface area contributed by atoms with Gasteiger partial charge in [0, 0.05) is 32.2 Å². The normalized spacial score (nSPS) is 18.9. The number of fused-ring (bicyclic) bond motifs is 1. The van der Waals surface area contributed by atoms with Gasteiger partial charge in [0.25, 0.3) is 0 Å². The second kappa shape index (κ2) is 7.04. The van der Waals surface area contributed by atoms with Gasteiger partial charge in [-0.15, -0.1) is 0 Å². The first-order valence-corrected chi connectivity index (χ1v) is 7.39. The van der Waals surface area contributed by atoms with Gasteiger partial charge in [-0.3, -0.25) is 4.90 Å². The monoisotopic (exact) mass is 262 g/mol. The van der Waals surface area contributed by atoms with Crippen LogP contribution in [0.25, 0.3) is 0 Å². The van der Waals surface area contributed by atoms with Crippen molar-refractivity contribution in [1.82, 2.24) is 10.2 Å². The number of nitrogens with zero attached hydrogens (tertiary/aromatic N) is 1. The molecule has 0 aliphatic carbocycles. The van der Waals surface area contributed by atoms with Crippen LogP contribution in [0.3, 0.4) is 0 Å². The highest BCUT2D eigenvalue weighted by Gasteiger charge is 2.18. The van der Waals surface area contributed by atoms with E-state index < -0.39 is 0 Å². The molecule has 0 radical (unpaired) electrons. The zero-order valence-electron chi connectivity index (χ0n) is 12.1. The number of aliphatic hydroxyl groups excluding tert-OH is 1. The zero-order chi connectivity index (χ0) is 13.7. The number of benzene rings is 1. The van der Waals surface area contributed by atoms with E-state index in [1.807, 2.05) is 0 Å². The lowest BCUT2D eigenvalue weighted by Crippen LogP contribution is -2.42. The third kappa shape index (κ3) is 4.30. The minimum Gasteiger partial charge on any atom is -0.390 e. The van der Waals surface area contributed by atoms with Crippen LogP contribution in [-0.4, -0.2) is 41.8 Å². The lowest BCUT2D eigenvalue weighted by Gasteiger charge is -2.30. The van der Waals surface area contributed by atoms with Crippen LogP contribution in [0, 0.1) is 0 Å². The molecule has 19 heavy (non-hydrogen) atoms. The second-order valence-corrected chi connectivity index (χ2v) is 5.63. The van der Waals surface area contributed by atoms with E-state index in [0.29, 0.717) is 12.6 Å². The summed E-state index contributed by atoms with van der Waals surface area (Å²) >= 11 is 0. The van der Waals surface area contributed by atoms with Crippen LogP contribution in [0.5, 0.6) is 0 Å². The Morgan fingerprint density at radius 1 is 1.32 bits per heavy atom. The molecule has 2 unspecified atom stereocenters. The summed E-state index contributed by atoms with van der Waals surface area (Å²) in [5, 5.41) is 13.5. The Morgan fingerprint density at radius 3 is 2.79 bits per heavy atom. The first-order chi connectivity index (χ1) is 9.19. The predicted octanol–water partition coefficient (Wildman–Crippen LogP) is 1.79. The van der Waals surface area contributed by atoms with Crippen molar-refractivity contribution in [1.29, 1.82) is 0 Å². The zero-order valence-corrected chi connectivity index (χ0v) is 12.1. The maximum atomic E-state index is 10.1. The summed E-state index contributed by atoms with van der Waals surface area (Å²) < 4.78 is 0. The summed E-state index contributed by atoms with van der Waals surface area (Å²) in [5.41, 5.74) is 2.88. The van der Waals surface area contributed by atoms with E-state index >= 15 is 0 Å². The van der Waals surface area contributed by atoms with Crippen molar-refractivity contribution in [3.8, 4) is 0 Å². The van der Waals surface area contributed by atoms with Gasteiger partial charge in [-0.2, -0.15) is 0 Å². The highest BCUT2D eigenvalue weighted by atomic mass is 16.3. The molecule has 1 aromatic rings. The average molecular weight is 262 g/mol. The van der Waals surface area contributed by atoms with E-state index in [1.165, 1.54) is 11.1 Å². The van der Waals surface area contributed by atoms with Crippen LogP contribution in [0.2, 0.25) is 0 Å². The van der Waals surface area contributed by atoms with Crippen molar-refractivity contribution >= 4 is 0 Å². The Balaban J connectivity index is 1.78. The lowest BCUT2D eigenvalue weighted by molar-refractivity contribution is 0.102. The number of β-amino-alcohol motifs (C(OH)–C–C–N with tert-alkyl or cyclic N) is 1. The Bertz CT molecular complexity index is 394. The Hall–Kier alpha value is -0.900. The molecule has 0 fully saturated rings. The Morgan fingerprint density at radius 2 is 2.05 bits per heavy atom. The van der Waals surface area contributed by atoms with Gasteiger partial charge in [0.1, 0.15) is 0 Å². The van der Waals surface area contributed by atoms with Gasteiger partial charge in [-0.1, -0.05) is 31.2 Å². The maximum Gasteiger partial charge on any atom is 0.0791 e. The molecule has 1 aliphatic heterocycles. The minimum absolute atomic E-state index is 0.278. The van der Waals surface area contributed by atoms with Gasteiger partial charge in [-0.25, -0.2) is 0 Å². The van der Waals surface area contributed by atoms with E-state index in [-0.39, 0.29) is 6.10 Å². The fraction of sp³-hybridized carbons (Fsp3) is 0.625. The standard InChI is InChI=1S/C16H26N2O/c1-3-13(2)17-10-16(19)12-18-9-8-14-6-4-5-7-15(14)11-18/h4-7,13,16-17,19H,3,8-12H2,1-2H3. The van der Waals surface area contributed by atoms with E-state index in [1.54, 1.807) is 0 Å². The van der Waals surface area contributed by atoms with Gasteiger partial charge in [0.2, 0.25) is 0 Å². The van der Waals surface area contributed by atoms with Crippen molar-refractivity contribution in [2.75, 3.05) is 19.6 Å². The number of hydrogen-bond acceptors (Lipinski definition) is 3. The van der Waals surface area contributed by atoms with Gasteiger partial charge in [0.15, 0.2) is 0 Å². The fourth-order valence-electron chi connectivity index (χ4n) is 2.55. The third-order valence-corrected chi connectivity index (χ3v) is 3.99. The lowest BCUT2D eigenvalue weighted by atomic mass is 10.00.